The molecular weight excluding hydrogens is 386 g/mol. The number of hydrogen-bond acceptors (Lipinski definition) is 4. The highest BCUT2D eigenvalue weighted by Crippen LogP contribution is 2.27. The molecule has 31 heavy (non-hydrogen) atoms. The van der Waals surface area contributed by atoms with Gasteiger partial charge in [0.25, 0.3) is 0 Å². The molecule has 1 atom stereocenters. The molecule has 0 saturated heterocycles. The maximum atomic E-state index is 13.2. The number of ketones is 1. The number of ether oxygens (including phenoxy) is 1. The minimum absolute atomic E-state index is 0.270. The van der Waals surface area contributed by atoms with Gasteiger partial charge in [-0.2, -0.15) is 0 Å². The number of anilines is 2. The summed E-state index contributed by atoms with van der Waals surface area (Å²) in [4.78, 5) is 26.4. The summed E-state index contributed by atoms with van der Waals surface area (Å²) in [5.41, 5.74) is 2.92. The van der Waals surface area contributed by atoms with E-state index in [1.54, 1.807) is 54.6 Å². The Hall–Kier alpha value is -4.18. The number of benzene rings is 4. The largest absolute Gasteiger partial charge is 0.445 e. The Bertz CT molecular complexity index is 1160. The predicted molar refractivity (Wildman–Crippen MR) is 122 cm³/mol. The molecule has 0 aliphatic heterocycles. The topological polar surface area (TPSA) is 55.4 Å². The summed E-state index contributed by atoms with van der Waals surface area (Å²) in [5.74, 6) is -0.842. The summed E-state index contributed by atoms with van der Waals surface area (Å²) in [7, 11) is 0. The van der Waals surface area contributed by atoms with Crippen LogP contribution < -0.4 is 5.32 Å². The van der Waals surface area contributed by atoms with Crippen LogP contribution in [0.15, 0.2) is 115 Å². The predicted octanol–water partition coefficient (Wildman–Crippen LogP) is 6.21. The fraction of sp³-hybridized carbons (Fsp3) is 0.0370. The van der Waals surface area contributed by atoms with Crippen molar-refractivity contribution < 1.29 is 14.3 Å². The molecular formula is C27H21NO3. The molecule has 0 amide bonds. The molecule has 0 spiro atoms. The van der Waals surface area contributed by atoms with Gasteiger partial charge in [-0.25, -0.2) is 4.79 Å². The first-order valence-corrected chi connectivity index (χ1v) is 9.98. The maximum Gasteiger partial charge on any atom is 0.341 e. The standard InChI is InChI=1S/C27H21NO3/c29-25(20-12-4-1-5-13-20)26(21-14-6-2-7-15-21)31-27(30)23-18-10-11-19-24(23)28-22-16-8-3-9-17-22/h1-19,26,28H. The summed E-state index contributed by atoms with van der Waals surface area (Å²) in [6.45, 7) is 0. The van der Waals surface area contributed by atoms with E-state index in [1.807, 2.05) is 60.7 Å². The van der Waals surface area contributed by atoms with Crippen LogP contribution in [-0.2, 0) is 4.74 Å². The van der Waals surface area contributed by atoms with Gasteiger partial charge in [-0.15, -0.1) is 0 Å². The lowest BCUT2D eigenvalue weighted by atomic mass is 9.99. The Morgan fingerprint density at radius 1 is 0.645 bits per heavy atom. The van der Waals surface area contributed by atoms with Gasteiger partial charge in [-0.05, 0) is 24.3 Å². The Kier molecular flexibility index (Phi) is 6.19. The number of carbonyl (C=O) groups excluding carboxylic acids is 2. The third-order valence-corrected chi connectivity index (χ3v) is 4.82. The van der Waals surface area contributed by atoms with Crippen molar-refractivity contribution in [3.05, 3.63) is 132 Å². The van der Waals surface area contributed by atoms with E-state index in [0.717, 1.165) is 5.69 Å². The van der Waals surface area contributed by atoms with Crippen molar-refractivity contribution in [2.75, 3.05) is 5.32 Å². The monoisotopic (exact) mass is 407 g/mol. The van der Waals surface area contributed by atoms with Gasteiger partial charge in [0.2, 0.25) is 5.78 Å². The normalized spacial score (nSPS) is 11.4. The molecule has 0 radical (unpaired) electrons. The third kappa shape index (κ3) is 4.87. The van der Waals surface area contributed by atoms with E-state index in [4.69, 9.17) is 4.74 Å². The van der Waals surface area contributed by atoms with Crippen LogP contribution in [0.4, 0.5) is 11.4 Å². The number of nitrogens with one attached hydrogen (secondary N) is 1. The molecule has 1 unspecified atom stereocenters. The average molecular weight is 407 g/mol. The Morgan fingerprint density at radius 3 is 1.87 bits per heavy atom. The van der Waals surface area contributed by atoms with E-state index in [2.05, 4.69) is 5.32 Å². The molecule has 152 valence electrons. The minimum atomic E-state index is -1.04. The van der Waals surface area contributed by atoms with Crippen molar-refractivity contribution in [2.45, 2.75) is 6.10 Å². The summed E-state index contributed by atoms with van der Waals surface area (Å²) in [6, 6.07) is 34.6. The number of carbonyl (C=O) groups is 2. The molecule has 4 aromatic rings. The molecule has 0 saturated carbocycles. The summed E-state index contributed by atoms with van der Waals surface area (Å²) < 4.78 is 5.79. The zero-order valence-corrected chi connectivity index (χ0v) is 16.8. The smallest absolute Gasteiger partial charge is 0.341 e. The van der Waals surface area contributed by atoms with Gasteiger partial charge in [0.05, 0.1) is 11.3 Å². The van der Waals surface area contributed by atoms with Crippen LogP contribution in [0.5, 0.6) is 0 Å². The van der Waals surface area contributed by atoms with Crippen LogP contribution in [0.1, 0.15) is 32.4 Å². The molecule has 0 fully saturated rings. The van der Waals surface area contributed by atoms with E-state index in [9.17, 15) is 9.59 Å². The summed E-state index contributed by atoms with van der Waals surface area (Å²) >= 11 is 0. The Morgan fingerprint density at radius 2 is 1.19 bits per heavy atom. The van der Waals surface area contributed by atoms with Gasteiger partial charge >= 0.3 is 5.97 Å². The number of esters is 1. The number of hydrogen-bond donors (Lipinski definition) is 1. The van der Waals surface area contributed by atoms with Gasteiger partial charge in [-0.1, -0.05) is 91.0 Å². The van der Waals surface area contributed by atoms with Gasteiger partial charge < -0.3 is 10.1 Å². The second-order valence-corrected chi connectivity index (χ2v) is 6.96. The first kappa shape index (κ1) is 20.1. The Labute approximate surface area is 181 Å². The van der Waals surface area contributed by atoms with Crippen molar-refractivity contribution >= 4 is 23.1 Å². The zero-order chi connectivity index (χ0) is 21.5. The minimum Gasteiger partial charge on any atom is -0.445 e. The van der Waals surface area contributed by atoms with Crippen molar-refractivity contribution in [3.63, 3.8) is 0 Å². The molecule has 4 nitrogen and oxygen atoms in total. The summed E-state index contributed by atoms with van der Waals surface area (Å²) in [5, 5.41) is 3.24. The maximum absolute atomic E-state index is 13.2. The summed E-state index contributed by atoms with van der Waals surface area (Å²) in [6.07, 6.45) is -1.04. The van der Waals surface area contributed by atoms with Gasteiger partial charge in [0.15, 0.2) is 6.10 Å². The molecule has 0 aliphatic carbocycles. The molecule has 0 bridgehead atoms. The van der Waals surface area contributed by atoms with Gasteiger partial charge in [0, 0.05) is 16.8 Å². The fourth-order valence-corrected chi connectivity index (χ4v) is 3.27. The van der Waals surface area contributed by atoms with Gasteiger partial charge in [0.1, 0.15) is 0 Å². The fourth-order valence-electron chi connectivity index (χ4n) is 3.27. The van der Waals surface area contributed by atoms with Crippen LogP contribution in [0.3, 0.4) is 0 Å². The van der Waals surface area contributed by atoms with Crippen molar-refractivity contribution in [3.8, 4) is 0 Å². The first-order valence-electron chi connectivity index (χ1n) is 9.98. The highest BCUT2D eigenvalue weighted by molar-refractivity contribution is 6.03. The SMILES string of the molecule is O=C(OC(C(=O)c1ccccc1)c1ccccc1)c1ccccc1Nc1ccccc1. The lowest BCUT2D eigenvalue weighted by molar-refractivity contribution is 0.0281. The number of Topliss-reactive ketones (excluding diaryl/α,β-unsaturated/α-hetero) is 1. The molecule has 4 rings (SSSR count). The quantitative estimate of drug-likeness (QED) is 0.292. The number of para-hydroxylation sites is 2. The molecule has 0 aromatic heterocycles. The number of rotatable bonds is 7. The molecule has 0 aliphatic rings. The zero-order valence-electron chi connectivity index (χ0n) is 16.8. The Balaban J connectivity index is 1.64. The first-order chi connectivity index (χ1) is 15.2. The van der Waals surface area contributed by atoms with E-state index in [1.165, 1.54) is 0 Å². The van der Waals surface area contributed by atoms with E-state index in [0.29, 0.717) is 22.4 Å². The highest BCUT2D eigenvalue weighted by atomic mass is 16.5. The lowest BCUT2D eigenvalue weighted by Gasteiger charge is -2.19. The second-order valence-electron chi connectivity index (χ2n) is 6.96. The van der Waals surface area contributed by atoms with Crippen LogP contribution in [0.2, 0.25) is 0 Å². The van der Waals surface area contributed by atoms with Crippen LogP contribution in [0, 0.1) is 0 Å². The van der Waals surface area contributed by atoms with E-state index >= 15 is 0 Å². The van der Waals surface area contributed by atoms with E-state index in [-0.39, 0.29) is 5.78 Å². The van der Waals surface area contributed by atoms with Gasteiger partial charge in [-0.3, -0.25) is 4.79 Å². The molecule has 4 aromatic carbocycles. The highest BCUT2D eigenvalue weighted by Gasteiger charge is 2.27. The van der Waals surface area contributed by atoms with Crippen LogP contribution >= 0.6 is 0 Å². The van der Waals surface area contributed by atoms with Crippen molar-refractivity contribution in [1.29, 1.82) is 0 Å². The van der Waals surface area contributed by atoms with Crippen molar-refractivity contribution in [2.24, 2.45) is 0 Å². The van der Waals surface area contributed by atoms with Crippen molar-refractivity contribution in [1.82, 2.24) is 0 Å². The van der Waals surface area contributed by atoms with E-state index < -0.39 is 12.1 Å². The second kappa shape index (κ2) is 9.55. The molecule has 1 N–H and O–H groups in total. The third-order valence-electron chi connectivity index (χ3n) is 4.82. The van der Waals surface area contributed by atoms with Crippen LogP contribution in [0.25, 0.3) is 0 Å². The lowest BCUT2D eigenvalue weighted by Crippen LogP contribution is -2.21. The molecule has 0 heterocycles. The molecule has 4 heteroatoms. The van der Waals surface area contributed by atoms with Crippen LogP contribution in [-0.4, -0.2) is 11.8 Å². The average Bonchev–Trinajstić information content (AvgIpc) is 2.84.